The molecule has 1 heterocycles. The summed E-state index contributed by atoms with van der Waals surface area (Å²) in [6.07, 6.45) is 8.93. The van der Waals surface area contributed by atoms with Crippen molar-refractivity contribution in [3.8, 4) is 5.69 Å². The molecule has 1 N–H and O–H groups in total. The van der Waals surface area contributed by atoms with Crippen LogP contribution in [0.1, 0.15) is 51.0 Å². The van der Waals surface area contributed by atoms with Gasteiger partial charge < -0.3 is 5.32 Å². The minimum atomic E-state index is 0.144. The lowest BCUT2D eigenvalue weighted by Crippen LogP contribution is -2.39. The van der Waals surface area contributed by atoms with Crippen LogP contribution in [0.4, 0.5) is 0 Å². The number of imidazole rings is 1. The largest absolute Gasteiger partial charge is 0.352 e. The van der Waals surface area contributed by atoms with Crippen molar-refractivity contribution in [1.29, 1.82) is 0 Å². The number of hydrogen-bond donors (Lipinski definition) is 1. The van der Waals surface area contributed by atoms with Gasteiger partial charge in [-0.2, -0.15) is 0 Å². The van der Waals surface area contributed by atoms with Gasteiger partial charge in [0.25, 0.3) is 0 Å². The number of benzene rings is 1. The summed E-state index contributed by atoms with van der Waals surface area (Å²) < 4.78 is 2.10. The summed E-state index contributed by atoms with van der Waals surface area (Å²) in [4.78, 5) is 17.0. The molecular weight excluding hydrogens is 342 g/mol. The highest BCUT2D eigenvalue weighted by Gasteiger charge is 2.42. The van der Waals surface area contributed by atoms with Crippen molar-refractivity contribution in [2.45, 2.75) is 56.6 Å². The van der Waals surface area contributed by atoms with E-state index in [9.17, 15) is 4.79 Å². The van der Waals surface area contributed by atoms with Crippen LogP contribution in [0.5, 0.6) is 0 Å². The molecule has 1 aromatic carbocycles. The van der Waals surface area contributed by atoms with Gasteiger partial charge in [-0.25, -0.2) is 4.98 Å². The molecule has 0 aliphatic heterocycles. The fourth-order valence-corrected chi connectivity index (χ4v) is 4.44. The molecular formula is C21H27N3OS. The summed E-state index contributed by atoms with van der Waals surface area (Å²) in [5.41, 5.74) is 2.44. The monoisotopic (exact) mass is 369 g/mol. The van der Waals surface area contributed by atoms with Gasteiger partial charge in [-0.15, -0.1) is 0 Å². The van der Waals surface area contributed by atoms with E-state index < -0.39 is 0 Å². The standard InChI is InChI=1S/C21H27N3OS/c1-14(2)17-5-3-4-6-18(17)24-12-11-22-21(24)26-13-19(25)23-20(15-7-8-15)16-9-10-16/h3-6,11-12,14-16,20H,7-10,13H2,1-2H3,(H,23,25). The molecule has 1 aromatic heterocycles. The number of para-hydroxylation sites is 1. The molecule has 26 heavy (non-hydrogen) atoms. The van der Waals surface area contributed by atoms with E-state index >= 15 is 0 Å². The lowest BCUT2D eigenvalue weighted by molar-refractivity contribution is -0.119. The molecule has 0 unspecified atom stereocenters. The maximum atomic E-state index is 12.5. The fraction of sp³-hybridized carbons (Fsp3) is 0.524. The Morgan fingerprint density at radius 2 is 1.92 bits per heavy atom. The number of rotatable bonds is 8. The maximum absolute atomic E-state index is 12.5. The van der Waals surface area contributed by atoms with Crippen LogP contribution in [-0.4, -0.2) is 27.3 Å². The van der Waals surface area contributed by atoms with Crippen LogP contribution in [0.25, 0.3) is 5.69 Å². The first-order valence-electron chi connectivity index (χ1n) is 9.68. The van der Waals surface area contributed by atoms with Crippen molar-refractivity contribution in [1.82, 2.24) is 14.9 Å². The Balaban J connectivity index is 1.42. The highest BCUT2D eigenvalue weighted by Crippen LogP contribution is 2.44. The average Bonchev–Trinajstić information content (AvgIpc) is 3.56. The number of amides is 1. The Labute approximate surface area is 159 Å². The second-order valence-electron chi connectivity index (χ2n) is 7.85. The van der Waals surface area contributed by atoms with E-state index in [0.717, 1.165) is 22.7 Å². The smallest absolute Gasteiger partial charge is 0.230 e. The SMILES string of the molecule is CC(C)c1ccccc1-n1ccnc1SCC(=O)NC(C1CC1)C1CC1. The molecule has 0 saturated heterocycles. The summed E-state index contributed by atoms with van der Waals surface area (Å²) in [5, 5.41) is 4.17. The zero-order valence-corrected chi connectivity index (χ0v) is 16.3. The van der Waals surface area contributed by atoms with Crippen LogP contribution in [0, 0.1) is 11.8 Å². The number of aromatic nitrogens is 2. The van der Waals surface area contributed by atoms with E-state index in [1.165, 1.54) is 43.0 Å². The predicted octanol–water partition coefficient (Wildman–Crippen LogP) is 4.39. The lowest BCUT2D eigenvalue weighted by atomic mass is 10.0. The number of nitrogens with zero attached hydrogens (tertiary/aromatic N) is 2. The summed E-state index contributed by atoms with van der Waals surface area (Å²) in [6.45, 7) is 4.40. The third kappa shape index (κ3) is 3.98. The van der Waals surface area contributed by atoms with Gasteiger partial charge in [-0.1, -0.05) is 43.8 Å². The topological polar surface area (TPSA) is 46.9 Å². The fourth-order valence-electron chi connectivity index (χ4n) is 3.66. The zero-order valence-electron chi connectivity index (χ0n) is 15.5. The van der Waals surface area contributed by atoms with Gasteiger partial charge in [0.2, 0.25) is 5.91 Å². The van der Waals surface area contributed by atoms with Crippen molar-refractivity contribution in [3.05, 3.63) is 42.2 Å². The normalized spacial score (nSPS) is 17.1. The summed E-state index contributed by atoms with van der Waals surface area (Å²) in [5.74, 6) is 2.47. The van der Waals surface area contributed by atoms with Gasteiger partial charge in [-0.3, -0.25) is 9.36 Å². The molecule has 2 saturated carbocycles. The summed E-state index contributed by atoms with van der Waals surface area (Å²) in [7, 11) is 0. The first-order valence-corrected chi connectivity index (χ1v) is 10.7. The second-order valence-corrected chi connectivity index (χ2v) is 8.79. The number of carbonyl (C=O) groups is 1. The Kier molecular flexibility index (Phi) is 5.07. The molecule has 4 nitrogen and oxygen atoms in total. The van der Waals surface area contributed by atoms with Crippen LogP contribution >= 0.6 is 11.8 Å². The highest BCUT2D eigenvalue weighted by atomic mass is 32.2. The predicted molar refractivity (Wildman–Crippen MR) is 106 cm³/mol. The van der Waals surface area contributed by atoms with Crippen LogP contribution in [-0.2, 0) is 4.79 Å². The van der Waals surface area contributed by atoms with Crippen LogP contribution < -0.4 is 5.32 Å². The lowest BCUT2D eigenvalue weighted by Gasteiger charge is -2.18. The quantitative estimate of drug-likeness (QED) is 0.702. The van der Waals surface area contributed by atoms with E-state index in [4.69, 9.17) is 0 Å². The van der Waals surface area contributed by atoms with Crippen molar-refractivity contribution < 1.29 is 4.79 Å². The molecule has 2 aliphatic rings. The highest BCUT2D eigenvalue weighted by molar-refractivity contribution is 7.99. The molecule has 2 fully saturated rings. The van der Waals surface area contributed by atoms with Gasteiger partial charge >= 0.3 is 0 Å². The molecule has 4 rings (SSSR count). The van der Waals surface area contributed by atoms with E-state index in [2.05, 4.69) is 53.0 Å². The summed E-state index contributed by atoms with van der Waals surface area (Å²) >= 11 is 1.52. The van der Waals surface area contributed by atoms with Gasteiger partial charge in [0.15, 0.2) is 5.16 Å². The van der Waals surface area contributed by atoms with Crippen LogP contribution in [0.3, 0.4) is 0 Å². The molecule has 5 heteroatoms. The van der Waals surface area contributed by atoms with Crippen molar-refractivity contribution in [2.75, 3.05) is 5.75 Å². The van der Waals surface area contributed by atoms with Gasteiger partial charge in [0.05, 0.1) is 11.4 Å². The molecule has 0 spiro atoms. The molecule has 0 bridgehead atoms. The molecule has 2 aliphatic carbocycles. The van der Waals surface area contributed by atoms with E-state index in [-0.39, 0.29) is 5.91 Å². The van der Waals surface area contributed by atoms with E-state index in [1.54, 1.807) is 0 Å². The Bertz CT molecular complexity index is 765. The third-order valence-corrected chi connectivity index (χ3v) is 6.31. The molecule has 2 aromatic rings. The molecule has 0 radical (unpaired) electrons. The number of hydrogen-bond acceptors (Lipinski definition) is 3. The summed E-state index contributed by atoms with van der Waals surface area (Å²) in [6, 6.07) is 8.84. The molecule has 138 valence electrons. The Morgan fingerprint density at radius 3 is 2.58 bits per heavy atom. The third-order valence-electron chi connectivity index (χ3n) is 5.34. The van der Waals surface area contributed by atoms with E-state index in [0.29, 0.717) is 17.7 Å². The van der Waals surface area contributed by atoms with Crippen molar-refractivity contribution in [2.24, 2.45) is 11.8 Å². The number of nitrogens with one attached hydrogen (secondary N) is 1. The van der Waals surface area contributed by atoms with Crippen LogP contribution in [0.2, 0.25) is 0 Å². The zero-order chi connectivity index (χ0) is 18.1. The minimum absolute atomic E-state index is 0.144. The van der Waals surface area contributed by atoms with Gasteiger partial charge in [-0.05, 0) is 55.1 Å². The number of thioether (sulfide) groups is 1. The first-order chi connectivity index (χ1) is 12.6. The second kappa shape index (κ2) is 7.47. The van der Waals surface area contributed by atoms with E-state index in [1.807, 2.05) is 12.4 Å². The molecule has 0 atom stereocenters. The molecule has 1 amide bonds. The Morgan fingerprint density at radius 1 is 1.23 bits per heavy atom. The minimum Gasteiger partial charge on any atom is -0.352 e. The van der Waals surface area contributed by atoms with Crippen LogP contribution in [0.15, 0.2) is 41.8 Å². The van der Waals surface area contributed by atoms with Gasteiger partial charge in [0.1, 0.15) is 0 Å². The van der Waals surface area contributed by atoms with Crippen molar-refractivity contribution in [3.63, 3.8) is 0 Å². The average molecular weight is 370 g/mol. The number of carbonyl (C=O) groups excluding carboxylic acids is 1. The Hall–Kier alpha value is -1.75. The van der Waals surface area contributed by atoms with Gasteiger partial charge in [0, 0.05) is 18.4 Å². The van der Waals surface area contributed by atoms with Crippen molar-refractivity contribution >= 4 is 17.7 Å². The first kappa shape index (κ1) is 17.7. The maximum Gasteiger partial charge on any atom is 0.230 e.